The monoisotopic (exact) mass is 1040 g/mol. The summed E-state index contributed by atoms with van der Waals surface area (Å²) in [5, 5.41) is 2.91. The van der Waals surface area contributed by atoms with Gasteiger partial charge in [0.1, 0.15) is 30.9 Å². The SMILES string of the molecule is Cc1cc(C)c(S(=O)(=O)O)c(C)c1N=c1cc2oc3cc(Nc4c(C)cc(C)c(S(=O)(=O)O)c4C)ccc3c(-c3ccccc3S(=O)(=O)Nc3c(C)cc(C)c(S(=O)(=O)O)c3C)c-2cc1S(=O)(=O)O. The van der Waals surface area contributed by atoms with Crippen molar-refractivity contribution in [1.82, 2.24) is 0 Å². The molecule has 0 radical (unpaired) electrons. The number of nitrogens with zero attached hydrogens (tertiary/aromatic N) is 1. The van der Waals surface area contributed by atoms with Crippen LogP contribution < -0.4 is 15.4 Å². The van der Waals surface area contributed by atoms with Crippen molar-refractivity contribution in [1.29, 1.82) is 0 Å². The minimum atomic E-state index is -5.22. The van der Waals surface area contributed by atoms with Gasteiger partial charge in [-0.15, -0.1) is 0 Å². The number of rotatable bonds is 11. The lowest BCUT2D eigenvalue weighted by Crippen LogP contribution is -2.18. The molecule has 5 aromatic rings. The van der Waals surface area contributed by atoms with Crippen molar-refractivity contribution in [3.05, 3.63) is 128 Å². The Morgan fingerprint density at radius 1 is 0.493 bits per heavy atom. The van der Waals surface area contributed by atoms with E-state index >= 15 is 0 Å². The summed E-state index contributed by atoms with van der Waals surface area (Å²) in [6, 6.07) is 16.7. The lowest BCUT2D eigenvalue weighted by atomic mass is 9.93. The zero-order valence-electron chi connectivity index (χ0n) is 38.2. The second-order valence-corrected chi connectivity index (χ2v) is 23.9. The minimum absolute atomic E-state index is 0.0324. The fraction of sp³-hybridized carbons (Fsp3) is 0.196. The van der Waals surface area contributed by atoms with Gasteiger partial charge in [0.25, 0.3) is 50.5 Å². The molecule has 69 heavy (non-hydrogen) atoms. The molecule has 2 aliphatic rings. The molecule has 6 N–H and O–H groups in total. The van der Waals surface area contributed by atoms with Crippen LogP contribution in [0, 0.1) is 62.3 Å². The Morgan fingerprint density at radius 3 is 1.55 bits per heavy atom. The van der Waals surface area contributed by atoms with Crippen LogP contribution in [-0.2, 0) is 50.5 Å². The summed E-state index contributed by atoms with van der Waals surface area (Å²) in [6.45, 7) is 13.4. The molecule has 0 saturated carbocycles. The summed E-state index contributed by atoms with van der Waals surface area (Å²) < 4.78 is 181. The summed E-state index contributed by atoms with van der Waals surface area (Å²) >= 11 is 0. The van der Waals surface area contributed by atoms with Gasteiger partial charge in [-0.3, -0.25) is 22.9 Å². The van der Waals surface area contributed by atoms with E-state index in [1.165, 1.54) is 97.0 Å². The van der Waals surface area contributed by atoms with Crippen LogP contribution in [0.4, 0.5) is 22.7 Å². The van der Waals surface area contributed by atoms with Crippen molar-refractivity contribution in [3.63, 3.8) is 0 Å². The quantitative estimate of drug-likeness (QED) is 0.0521. The molecule has 1 heterocycles. The second-order valence-electron chi connectivity index (χ2n) is 16.7. The smallest absolute Gasteiger partial charge is 0.296 e. The van der Waals surface area contributed by atoms with Crippen molar-refractivity contribution in [3.8, 4) is 22.5 Å². The number of hydrogen-bond donors (Lipinski definition) is 6. The van der Waals surface area contributed by atoms with E-state index in [0.717, 1.165) is 12.1 Å². The van der Waals surface area contributed by atoms with E-state index < -0.39 is 75.4 Å². The minimum Gasteiger partial charge on any atom is -0.456 e. The predicted octanol–water partition coefficient (Wildman–Crippen LogP) is 8.74. The van der Waals surface area contributed by atoms with E-state index in [2.05, 4.69) is 15.0 Å². The third kappa shape index (κ3) is 9.53. The van der Waals surface area contributed by atoms with E-state index in [0.29, 0.717) is 33.6 Å². The van der Waals surface area contributed by atoms with Gasteiger partial charge in [-0.05, 0) is 137 Å². The fourth-order valence-corrected chi connectivity index (χ4v) is 14.0. The molecule has 0 fully saturated rings. The lowest BCUT2D eigenvalue weighted by Gasteiger charge is -2.21. The number of nitrogens with one attached hydrogen (secondary N) is 2. The molecular weight excluding hydrogens is 995 g/mol. The highest BCUT2D eigenvalue weighted by Crippen LogP contribution is 2.45. The van der Waals surface area contributed by atoms with Gasteiger partial charge in [0.15, 0.2) is 0 Å². The van der Waals surface area contributed by atoms with E-state index in [9.17, 15) is 60.3 Å². The molecule has 0 aromatic heterocycles. The average Bonchev–Trinajstić information content (AvgIpc) is 3.19. The van der Waals surface area contributed by atoms with Crippen LogP contribution in [0.25, 0.3) is 33.4 Å². The van der Waals surface area contributed by atoms with Crippen LogP contribution in [0.2, 0.25) is 0 Å². The Kier molecular flexibility index (Phi) is 12.8. The van der Waals surface area contributed by atoms with Gasteiger partial charge in [0.05, 0.1) is 21.6 Å². The maximum Gasteiger partial charge on any atom is 0.296 e. The second kappa shape index (κ2) is 17.4. The summed E-state index contributed by atoms with van der Waals surface area (Å²) in [7, 11) is -24.3. The van der Waals surface area contributed by atoms with Gasteiger partial charge >= 0.3 is 0 Å². The van der Waals surface area contributed by atoms with Gasteiger partial charge in [-0.25, -0.2) is 13.4 Å². The molecule has 0 atom stereocenters. The standard InChI is InChI=1S/C46H45N3O15S5/c1-22-16-25(4)44(67(55,56)57)28(7)41(22)47-31-14-15-32-36(19-31)64-37-21-35(48-42-23(2)17-26(5)45(29(42)8)68(58,59)60)39(66(52,53)54)20-34(37)40(32)33-12-10-11-13-38(33)65(50,51)49-43-24(3)18-27(6)46(30(43)9)69(61,62)63/h10-21,47,49H,1-9H3,(H,52,53,54)(H,55,56,57)(H,58,59,60)(H,61,62,63). The normalized spacial score (nSPS) is 13.1. The number of benzene rings is 6. The van der Waals surface area contributed by atoms with Crippen LogP contribution in [-0.4, -0.2) is 60.3 Å². The van der Waals surface area contributed by atoms with Crippen molar-refractivity contribution in [2.45, 2.75) is 86.8 Å². The summed E-state index contributed by atoms with van der Waals surface area (Å²) in [5.74, 6) is -0.141. The van der Waals surface area contributed by atoms with Crippen molar-refractivity contribution < 1.29 is 64.7 Å². The Hall–Kier alpha value is -6.02. The van der Waals surface area contributed by atoms with Gasteiger partial charge < -0.3 is 9.73 Å². The first-order chi connectivity index (χ1) is 31.7. The Morgan fingerprint density at radius 2 is 1.00 bits per heavy atom. The van der Waals surface area contributed by atoms with Gasteiger partial charge in [0, 0.05) is 45.6 Å². The van der Waals surface area contributed by atoms with Crippen LogP contribution in [0.3, 0.4) is 0 Å². The van der Waals surface area contributed by atoms with E-state index in [4.69, 9.17) is 4.42 Å². The average molecular weight is 1040 g/mol. The number of aryl methyl sites for hydroxylation is 6. The summed E-state index contributed by atoms with van der Waals surface area (Å²) in [6.07, 6.45) is 0. The molecule has 1 aliphatic carbocycles. The summed E-state index contributed by atoms with van der Waals surface area (Å²) in [4.78, 5) is 2.02. The third-order valence-corrected chi connectivity index (χ3v) is 17.4. The summed E-state index contributed by atoms with van der Waals surface area (Å²) in [5.41, 5.74) is 2.33. The maximum atomic E-state index is 14.7. The Balaban J connectivity index is 1.58. The van der Waals surface area contributed by atoms with E-state index in [-0.39, 0.29) is 77.5 Å². The van der Waals surface area contributed by atoms with E-state index in [1.807, 2.05) is 0 Å². The molecule has 23 heteroatoms. The molecular formula is C46H45N3O15S5. The molecule has 364 valence electrons. The van der Waals surface area contributed by atoms with Crippen molar-refractivity contribution in [2.75, 3.05) is 10.0 Å². The Labute approximate surface area is 399 Å². The molecule has 5 aromatic carbocycles. The van der Waals surface area contributed by atoms with E-state index in [1.54, 1.807) is 26.0 Å². The zero-order valence-corrected chi connectivity index (χ0v) is 42.3. The first kappa shape index (κ1) is 50.8. The molecule has 0 saturated heterocycles. The molecule has 18 nitrogen and oxygen atoms in total. The first-order valence-electron chi connectivity index (χ1n) is 20.4. The van der Waals surface area contributed by atoms with Crippen LogP contribution in [0.15, 0.2) is 107 Å². The molecule has 0 spiro atoms. The number of hydrogen-bond acceptors (Lipinski definition) is 13. The highest BCUT2D eigenvalue weighted by Gasteiger charge is 2.30. The zero-order chi connectivity index (χ0) is 51.2. The molecule has 1 aliphatic heterocycles. The number of fused-ring (bicyclic) bond motifs is 2. The highest BCUT2D eigenvalue weighted by molar-refractivity contribution is 7.93. The molecule has 0 bridgehead atoms. The lowest BCUT2D eigenvalue weighted by molar-refractivity contribution is 0.479. The highest BCUT2D eigenvalue weighted by atomic mass is 32.2. The number of sulfonamides is 1. The fourth-order valence-electron chi connectivity index (χ4n) is 9.13. The topological polar surface area (TPSA) is 301 Å². The van der Waals surface area contributed by atoms with Gasteiger partial charge in [-0.1, -0.05) is 36.4 Å². The van der Waals surface area contributed by atoms with Crippen LogP contribution >= 0.6 is 0 Å². The van der Waals surface area contributed by atoms with Crippen molar-refractivity contribution >= 4 is 84.2 Å². The number of anilines is 3. The van der Waals surface area contributed by atoms with Crippen molar-refractivity contribution in [2.24, 2.45) is 4.99 Å². The van der Waals surface area contributed by atoms with Gasteiger partial charge in [0.2, 0.25) is 0 Å². The third-order valence-electron chi connectivity index (χ3n) is 11.7. The largest absolute Gasteiger partial charge is 0.456 e. The first-order valence-corrected chi connectivity index (χ1v) is 27.7. The molecule has 7 rings (SSSR count). The molecule has 0 unspecified atom stereocenters. The maximum absolute atomic E-state index is 14.7. The Bertz CT molecular complexity index is 4020. The van der Waals surface area contributed by atoms with Crippen LogP contribution in [0.1, 0.15) is 50.1 Å². The van der Waals surface area contributed by atoms with Gasteiger partial charge in [-0.2, -0.15) is 33.7 Å². The molecule has 0 amide bonds. The van der Waals surface area contributed by atoms with Crippen LogP contribution in [0.5, 0.6) is 0 Å². The predicted molar refractivity (Wildman–Crippen MR) is 259 cm³/mol.